The predicted octanol–water partition coefficient (Wildman–Crippen LogP) is 0.935. The second-order valence-electron chi connectivity index (χ2n) is 4.94. The standard InChI is InChI=1S/C12H12ClN3O4S/c13-21(18,19)9-6-11(17)16(7-9)5-4-8-2-1-3-10-12(8)15-20-14-10/h1-3,9H,4-7H2. The third-order valence-electron chi connectivity index (χ3n) is 3.60. The van der Waals surface area contributed by atoms with Crippen LogP contribution in [0.5, 0.6) is 0 Å². The molecule has 0 spiro atoms. The Bertz CT molecular complexity index is 789. The molecule has 112 valence electrons. The van der Waals surface area contributed by atoms with Crippen LogP contribution in [0, 0.1) is 0 Å². The van der Waals surface area contributed by atoms with Gasteiger partial charge in [-0.25, -0.2) is 13.0 Å². The van der Waals surface area contributed by atoms with Crippen LogP contribution in [0.2, 0.25) is 0 Å². The molecule has 7 nitrogen and oxygen atoms in total. The van der Waals surface area contributed by atoms with Crippen LogP contribution in [0.1, 0.15) is 12.0 Å². The van der Waals surface area contributed by atoms with E-state index in [-0.39, 0.29) is 18.9 Å². The average Bonchev–Trinajstić information content (AvgIpc) is 3.02. The summed E-state index contributed by atoms with van der Waals surface area (Å²) in [5.74, 6) is -0.199. The maximum Gasteiger partial charge on any atom is 0.237 e. The van der Waals surface area contributed by atoms with Crippen molar-refractivity contribution in [1.29, 1.82) is 0 Å². The van der Waals surface area contributed by atoms with E-state index in [0.717, 1.165) is 5.56 Å². The summed E-state index contributed by atoms with van der Waals surface area (Å²) in [7, 11) is 1.61. The lowest BCUT2D eigenvalue weighted by molar-refractivity contribution is -0.127. The number of hydrogen-bond donors (Lipinski definition) is 0. The molecule has 9 heteroatoms. The molecule has 2 aromatic rings. The Hall–Kier alpha value is -1.67. The van der Waals surface area contributed by atoms with Gasteiger partial charge in [-0.15, -0.1) is 0 Å². The fourth-order valence-corrected chi connectivity index (χ4v) is 3.52. The lowest BCUT2D eigenvalue weighted by Gasteiger charge is -2.15. The van der Waals surface area contributed by atoms with Gasteiger partial charge in [-0.1, -0.05) is 12.1 Å². The number of nitrogens with zero attached hydrogens (tertiary/aromatic N) is 3. The summed E-state index contributed by atoms with van der Waals surface area (Å²) in [6, 6.07) is 5.50. The summed E-state index contributed by atoms with van der Waals surface area (Å²) in [5.41, 5.74) is 2.21. The van der Waals surface area contributed by atoms with Gasteiger partial charge >= 0.3 is 0 Å². The normalized spacial score (nSPS) is 19.6. The Morgan fingerprint density at radius 1 is 1.38 bits per heavy atom. The zero-order chi connectivity index (χ0) is 15.0. The molecule has 0 N–H and O–H groups in total. The maximum absolute atomic E-state index is 11.8. The smallest absolute Gasteiger partial charge is 0.237 e. The highest BCUT2D eigenvalue weighted by atomic mass is 35.7. The van der Waals surface area contributed by atoms with Crippen molar-refractivity contribution in [2.45, 2.75) is 18.1 Å². The van der Waals surface area contributed by atoms with Gasteiger partial charge in [-0.2, -0.15) is 0 Å². The first kappa shape index (κ1) is 14.3. The molecule has 21 heavy (non-hydrogen) atoms. The van der Waals surface area contributed by atoms with Crippen molar-refractivity contribution in [3.8, 4) is 0 Å². The average molecular weight is 330 g/mol. The van der Waals surface area contributed by atoms with Crippen molar-refractivity contribution in [1.82, 2.24) is 15.2 Å². The number of hydrogen-bond acceptors (Lipinski definition) is 6. The molecular formula is C12H12ClN3O4S. The maximum atomic E-state index is 11.8. The minimum absolute atomic E-state index is 0.0540. The molecule has 0 aliphatic carbocycles. The van der Waals surface area contributed by atoms with Crippen molar-refractivity contribution in [3.63, 3.8) is 0 Å². The van der Waals surface area contributed by atoms with Gasteiger partial charge in [0.15, 0.2) is 0 Å². The first-order valence-electron chi connectivity index (χ1n) is 6.36. The Labute approximate surface area is 125 Å². The summed E-state index contributed by atoms with van der Waals surface area (Å²) in [6.07, 6.45) is 0.494. The van der Waals surface area contributed by atoms with Gasteiger partial charge in [0.1, 0.15) is 16.3 Å². The van der Waals surface area contributed by atoms with E-state index in [1.54, 1.807) is 6.07 Å². The minimum atomic E-state index is -3.70. The predicted molar refractivity (Wildman–Crippen MR) is 75.3 cm³/mol. The molecule has 1 aromatic heterocycles. The zero-order valence-corrected chi connectivity index (χ0v) is 12.5. The van der Waals surface area contributed by atoms with Gasteiger partial charge < -0.3 is 4.90 Å². The van der Waals surface area contributed by atoms with Crippen LogP contribution in [-0.2, 0) is 20.3 Å². The van der Waals surface area contributed by atoms with Gasteiger partial charge in [0.25, 0.3) is 0 Å². The number of halogens is 1. The van der Waals surface area contributed by atoms with Crippen molar-refractivity contribution in [3.05, 3.63) is 23.8 Å². The molecular weight excluding hydrogens is 318 g/mol. The molecule has 1 saturated heterocycles. The van der Waals surface area contributed by atoms with Crippen LogP contribution in [-0.4, -0.2) is 47.9 Å². The van der Waals surface area contributed by atoms with Gasteiger partial charge in [-0.05, 0) is 28.4 Å². The van der Waals surface area contributed by atoms with Gasteiger partial charge in [0.2, 0.25) is 15.0 Å². The second kappa shape index (κ2) is 5.27. The summed E-state index contributed by atoms with van der Waals surface area (Å²) in [4.78, 5) is 13.3. The molecule has 0 radical (unpaired) electrons. The van der Waals surface area contributed by atoms with E-state index >= 15 is 0 Å². The van der Waals surface area contributed by atoms with Gasteiger partial charge in [-0.3, -0.25) is 4.79 Å². The molecule has 1 amide bonds. The number of carbonyl (C=O) groups excluding carboxylic acids is 1. The summed E-state index contributed by atoms with van der Waals surface area (Å²) < 4.78 is 27.3. The van der Waals surface area contributed by atoms with Crippen LogP contribution in [0.3, 0.4) is 0 Å². The SMILES string of the molecule is O=C1CC(S(=O)(=O)Cl)CN1CCc1cccc2nonc12. The highest BCUT2D eigenvalue weighted by molar-refractivity contribution is 8.14. The first-order chi connectivity index (χ1) is 9.95. The Kier molecular flexibility index (Phi) is 3.58. The molecule has 0 bridgehead atoms. The highest BCUT2D eigenvalue weighted by Gasteiger charge is 2.36. The van der Waals surface area contributed by atoms with Crippen LogP contribution in [0.4, 0.5) is 0 Å². The number of fused-ring (bicyclic) bond motifs is 1. The Balaban J connectivity index is 1.71. The van der Waals surface area contributed by atoms with Crippen LogP contribution in [0.25, 0.3) is 11.0 Å². The Morgan fingerprint density at radius 2 is 2.19 bits per heavy atom. The molecule has 1 atom stereocenters. The van der Waals surface area contributed by atoms with Crippen molar-refractivity contribution >= 4 is 36.7 Å². The number of likely N-dealkylation sites (tertiary alicyclic amines) is 1. The van der Waals surface area contributed by atoms with Crippen molar-refractivity contribution < 1.29 is 17.8 Å². The lowest BCUT2D eigenvalue weighted by atomic mass is 10.1. The fraction of sp³-hybridized carbons (Fsp3) is 0.417. The number of rotatable bonds is 4. The summed E-state index contributed by atoms with van der Waals surface area (Å²) >= 11 is 0. The first-order valence-corrected chi connectivity index (χ1v) is 8.74. The summed E-state index contributed by atoms with van der Waals surface area (Å²) in [6.45, 7) is 0.547. The van der Waals surface area contributed by atoms with E-state index in [4.69, 9.17) is 10.7 Å². The summed E-state index contributed by atoms with van der Waals surface area (Å²) in [5, 5.41) is 6.76. The molecule has 1 aromatic carbocycles. The highest BCUT2D eigenvalue weighted by Crippen LogP contribution is 2.22. The van der Waals surface area contributed by atoms with Crippen LogP contribution in [0.15, 0.2) is 22.8 Å². The van der Waals surface area contributed by atoms with Crippen LogP contribution < -0.4 is 0 Å². The largest absolute Gasteiger partial charge is 0.341 e. The number of benzene rings is 1. The lowest BCUT2D eigenvalue weighted by Crippen LogP contribution is -2.29. The van der Waals surface area contributed by atoms with Crippen molar-refractivity contribution in [2.24, 2.45) is 0 Å². The molecule has 0 saturated carbocycles. The van der Waals surface area contributed by atoms with Crippen molar-refractivity contribution in [2.75, 3.05) is 13.1 Å². The van der Waals surface area contributed by atoms with E-state index in [9.17, 15) is 13.2 Å². The van der Waals surface area contributed by atoms with Crippen LogP contribution >= 0.6 is 10.7 Å². The monoisotopic (exact) mass is 329 g/mol. The number of amides is 1. The number of carbonyl (C=O) groups is 1. The third-order valence-corrected chi connectivity index (χ3v) is 5.47. The topological polar surface area (TPSA) is 93.4 Å². The third kappa shape index (κ3) is 2.86. The Morgan fingerprint density at radius 3 is 2.90 bits per heavy atom. The minimum Gasteiger partial charge on any atom is -0.341 e. The number of aromatic nitrogens is 2. The molecule has 1 fully saturated rings. The molecule has 1 aliphatic rings. The zero-order valence-electron chi connectivity index (χ0n) is 10.9. The van der Waals surface area contributed by atoms with E-state index < -0.39 is 14.3 Å². The van der Waals surface area contributed by atoms with E-state index in [0.29, 0.717) is 24.0 Å². The van der Waals surface area contributed by atoms with E-state index in [1.807, 2.05) is 12.1 Å². The molecule has 1 unspecified atom stereocenters. The second-order valence-corrected chi connectivity index (χ2v) is 7.85. The molecule has 3 rings (SSSR count). The quantitative estimate of drug-likeness (QED) is 0.775. The van der Waals surface area contributed by atoms with E-state index in [2.05, 4.69) is 14.9 Å². The van der Waals surface area contributed by atoms with E-state index in [1.165, 1.54) is 4.90 Å². The van der Waals surface area contributed by atoms with Gasteiger partial charge in [0.05, 0.1) is 0 Å². The van der Waals surface area contributed by atoms with Gasteiger partial charge in [0, 0.05) is 30.2 Å². The molecule has 2 heterocycles. The molecule has 1 aliphatic heterocycles. The fourth-order valence-electron chi connectivity index (χ4n) is 2.46.